The van der Waals surface area contributed by atoms with E-state index in [2.05, 4.69) is 43.9 Å². The molecule has 3 rings (SSSR count). The fraction of sp³-hybridized carbons (Fsp3) is 0.593. The lowest BCUT2D eigenvalue weighted by Crippen LogP contribution is -2.44. The summed E-state index contributed by atoms with van der Waals surface area (Å²) in [5.74, 6) is -0.636. The Morgan fingerprint density at radius 2 is 1.88 bits per heavy atom. The van der Waals surface area contributed by atoms with Gasteiger partial charge < -0.3 is 18.4 Å². The van der Waals surface area contributed by atoms with E-state index < -0.39 is 57.8 Å². The number of nitrogens with one attached hydrogen (secondary N) is 2. The van der Waals surface area contributed by atoms with E-state index in [1.807, 2.05) is 30.3 Å². The van der Waals surface area contributed by atoms with Gasteiger partial charge in [-0.3, -0.25) is 23.7 Å². The quantitative estimate of drug-likeness (QED) is 0.207. The van der Waals surface area contributed by atoms with Crippen LogP contribution in [0.15, 0.2) is 46.1 Å². The summed E-state index contributed by atoms with van der Waals surface area (Å²) >= 11 is 0. The Bertz CT molecular complexity index is 1360. The first-order valence-corrected chi connectivity index (χ1v) is 17.9. The highest BCUT2D eigenvalue weighted by atomic mass is 31.2. The number of benzene rings is 1. The molecule has 14 heteroatoms. The van der Waals surface area contributed by atoms with Gasteiger partial charge in [0.2, 0.25) is 0 Å². The third kappa shape index (κ3) is 8.35. The van der Waals surface area contributed by atoms with Gasteiger partial charge in [0, 0.05) is 25.3 Å². The van der Waals surface area contributed by atoms with Crippen LogP contribution in [0.3, 0.4) is 0 Å². The molecule has 0 aliphatic carbocycles. The predicted octanol–water partition coefficient (Wildman–Crippen LogP) is 3.67. The number of aryl methyl sites for hydroxylation is 1. The van der Waals surface area contributed by atoms with Gasteiger partial charge in [-0.05, 0) is 37.0 Å². The molecule has 2 heterocycles. The van der Waals surface area contributed by atoms with E-state index in [0.29, 0.717) is 5.56 Å². The molecule has 0 saturated carbocycles. The molecule has 12 nitrogen and oxygen atoms in total. The molecule has 228 valence electrons. The molecule has 0 amide bonds. The van der Waals surface area contributed by atoms with Crippen molar-refractivity contribution in [3.8, 4) is 0 Å². The molecule has 0 bridgehead atoms. The fourth-order valence-corrected chi connectivity index (χ4v) is 6.53. The van der Waals surface area contributed by atoms with Crippen molar-refractivity contribution in [2.24, 2.45) is 0 Å². The lowest BCUT2D eigenvalue weighted by atomic mass is 10.1. The highest BCUT2D eigenvalue weighted by molar-refractivity contribution is 7.51. The first-order chi connectivity index (χ1) is 19.1. The molecular weight excluding hydrogens is 569 g/mol. The number of carbonyl (C=O) groups is 1. The predicted molar refractivity (Wildman–Crippen MR) is 156 cm³/mol. The van der Waals surface area contributed by atoms with Gasteiger partial charge >= 0.3 is 19.4 Å². The third-order valence-corrected chi connectivity index (χ3v) is 13.8. The Morgan fingerprint density at radius 1 is 1.22 bits per heavy atom. The maximum Gasteiger partial charge on any atom is 0.406 e. The van der Waals surface area contributed by atoms with E-state index in [1.165, 1.54) is 25.0 Å². The van der Waals surface area contributed by atoms with Crippen molar-refractivity contribution in [2.45, 2.75) is 83.1 Å². The second kappa shape index (κ2) is 13.3. The molecule has 1 saturated heterocycles. The maximum absolute atomic E-state index is 13.9. The number of carbonyl (C=O) groups excluding carboxylic acids is 1. The van der Waals surface area contributed by atoms with Gasteiger partial charge in [-0.2, -0.15) is 0 Å². The number of H-pyrrole nitrogens is 1. The monoisotopic (exact) mass is 611 g/mol. The van der Waals surface area contributed by atoms with Gasteiger partial charge in [-0.25, -0.2) is 14.4 Å². The Kier molecular flexibility index (Phi) is 10.7. The zero-order chi connectivity index (χ0) is 30.6. The van der Waals surface area contributed by atoms with Crippen LogP contribution >= 0.6 is 7.75 Å². The summed E-state index contributed by atoms with van der Waals surface area (Å²) in [6.45, 7) is 12.2. The van der Waals surface area contributed by atoms with Crippen LogP contribution in [0, 0.1) is 6.92 Å². The average molecular weight is 612 g/mol. The molecule has 0 radical (unpaired) electrons. The number of rotatable bonds is 12. The van der Waals surface area contributed by atoms with Gasteiger partial charge in [-0.1, -0.05) is 51.1 Å². The van der Waals surface area contributed by atoms with E-state index in [4.69, 9.17) is 22.9 Å². The average Bonchev–Trinajstić information content (AvgIpc) is 3.30. The minimum absolute atomic E-state index is 0.0805. The van der Waals surface area contributed by atoms with Crippen molar-refractivity contribution < 1.29 is 32.3 Å². The van der Waals surface area contributed by atoms with Crippen molar-refractivity contribution in [1.29, 1.82) is 0 Å². The SMILES string of the molecule is COC(=O)[C@H](Cc1ccccc1)NP(=O)(OC)O[C@H]1C[C@H](n2cc(C)c(=O)[nH]c2=O)O[C@@H]1CO[Si](C)(C)C(C)(C)C. The number of nitrogens with zero attached hydrogens (tertiary/aromatic N) is 1. The fourth-order valence-electron chi connectivity index (χ4n) is 4.11. The summed E-state index contributed by atoms with van der Waals surface area (Å²) in [7, 11) is -3.87. The largest absolute Gasteiger partial charge is 0.468 e. The van der Waals surface area contributed by atoms with Crippen LogP contribution in [0.2, 0.25) is 18.1 Å². The Hall–Kier alpha value is -2.38. The minimum atomic E-state index is -4.11. The zero-order valence-electron chi connectivity index (χ0n) is 25.0. The van der Waals surface area contributed by atoms with Gasteiger partial charge in [0.05, 0.1) is 13.7 Å². The summed E-state index contributed by atoms with van der Waals surface area (Å²) in [6, 6.07) is 8.16. The lowest BCUT2D eigenvalue weighted by molar-refractivity contribution is -0.142. The molecule has 1 unspecified atom stereocenters. The van der Waals surface area contributed by atoms with E-state index in [1.54, 1.807) is 6.92 Å². The number of aromatic nitrogens is 2. The number of esters is 1. The number of ether oxygens (including phenoxy) is 2. The summed E-state index contributed by atoms with van der Waals surface area (Å²) in [5.41, 5.74) is 0.0145. The van der Waals surface area contributed by atoms with E-state index in [0.717, 1.165) is 5.56 Å². The van der Waals surface area contributed by atoms with Crippen molar-refractivity contribution in [2.75, 3.05) is 20.8 Å². The Labute approximate surface area is 241 Å². The zero-order valence-corrected chi connectivity index (χ0v) is 26.9. The molecule has 2 N–H and O–H groups in total. The van der Waals surface area contributed by atoms with E-state index in [9.17, 15) is 18.9 Å². The molecule has 41 heavy (non-hydrogen) atoms. The van der Waals surface area contributed by atoms with Crippen LogP contribution in [-0.4, -0.2) is 62.9 Å². The highest BCUT2D eigenvalue weighted by Crippen LogP contribution is 2.49. The molecule has 1 aromatic heterocycles. The van der Waals surface area contributed by atoms with Crippen LogP contribution in [-0.2, 0) is 38.7 Å². The maximum atomic E-state index is 13.9. The summed E-state index contributed by atoms with van der Waals surface area (Å²) < 4.78 is 44.1. The molecule has 1 aromatic carbocycles. The van der Waals surface area contributed by atoms with Gasteiger partial charge in [0.15, 0.2) is 8.32 Å². The summed E-state index contributed by atoms with van der Waals surface area (Å²) in [4.78, 5) is 39.5. The highest BCUT2D eigenvalue weighted by Gasteiger charge is 2.45. The van der Waals surface area contributed by atoms with Crippen LogP contribution in [0.4, 0.5) is 0 Å². The van der Waals surface area contributed by atoms with Crippen molar-refractivity contribution in [3.05, 3.63) is 68.5 Å². The van der Waals surface area contributed by atoms with E-state index >= 15 is 0 Å². The number of methoxy groups -OCH3 is 1. The van der Waals surface area contributed by atoms with Gasteiger partial charge in [0.1, 0.15) is 24.5 Å². The molecule has 0 spiro atoms. The number of hydrogen-bond donors (Lipinski definition) is 2. The molecule has 5 atom stereocenters. The van der Waals surface area contributed by atoms with Crippen LogP contribution in [0.1, 0.15) is 44.5 Å². The standard InChI is InChI=1S/C27H42N3O9PSi/c1-18-16-30(26(33)28-24(18)31)23-15-21(22(38-23)17-37-41(7,8)27(2,3)4)39-40(34,36-6)29-20(25(32)35-5)14-19-12-10-9-11-13-19/h9-13,16,20-23H,14-15,17H2,1-8H3,(H,29,34)(H,28,31,33)/t20-,21-,22+,23+,40?/m0/s1. The molecule has 1 aliphatic heterocycles. The Morgan fingerprint density at radius 3 is 2.46 bits per heavy atom. The topological polar surface area (TPSA) is 147 Å². The number of hydrogen-bond acceptors (Lipinski definition) is 9. The first kappa shape index (κ1) is 33.1. The van der Waals surface area contributed by atoms with Crippen LogP contribution < -0.4 is 16.3 Å². The van der Waals surface area contributed by atoms with Crippen molar-refractivity contribution >= 4 is 22.0 Å². The number of aromatic amines is 1. The third-order valence-electron chi connectivity index (χ3n) is 7.65. The van der Waals surface area contributed by atoms with Crippen molar-refractivity contribution in [1.82, 2.24) is 14.6 Å². The molecule has 1 fully saturated rings. The van der Waals surface area contributed by atoms with Crippen LogP contribution in [0.5, 0.6) is 0 Å². The molecule has 1 aliphatic rings. The minimum Gasteiger partial charge on any atom is -0.468 e. The summed E-state index contributed by atoms with van der Waals surface area (Å²) in [5, 5.41) is 2.66. The van der Waals surface area contributed by atoms with E-state index in [-0.39, 0.29) is 24.5 Å². The second-order valence-electron chi connectivity index (χ2n) is 11.6. The second-order valence-corrected chi connectivity index (χ2v) is 18.3. The van der Waals surface area contributed by atoms with Gasteiger partial charge in [-0.15, -0.1) is 0 Å². The van der Waals surface area contributed by atoms with Crippen LogP contribution in [0.25, 0.3) is 0 Å². The normalized spacial score (nSPS) is 21.8. The Balaban J connectivity index is 1.89. The first-order valence-electron chi connectivity index (χ1n) is 13.4. The molecular formula is C27H42N3O9PSi. The summed E-state index contributed by atoms with van der Waals surface area (Å²) in [6.07, 6.45) is -0.712. The molecule has 2 aromatic rings. The van der Waals surface area contributed by atoms with Gasteiger partial charge in [0.25, 0.3) is 5.56 Å². The smallest absolute Gasteiger partial charge is 0.406 e. The van der Waals surface area contributed by atoms with Crippen molar-refractivity contribution in [3.63, 3.8) is 0 Å². The lowest BCUT2D eigenvalue weighted by Gasteiger charge is -2.37.